The molecule has 2 atom stereocenters. The van der Waals surface area contributed by atoms with Gasteiger partial charge in [-0.15, -0.1) is 0 Å². The number of carbonyl (C=O) groups is 1. The predicted octanol–water partition coefficient (Wildman–Crippen LogP) is 6.29. The molecule has 0 heterocycles. The smallest absolute Gasteiger partial charge is 0.305 e. The minimum atomic E-state index is -0.0602. The van der Waals surface area contributed by atoms with E-state index in [1.54, 1.807) is 7.11 Å². The fourth-order valence-electron chi connectivity index (χ4n) is 2.99. The molecule has 2 unspecified atom stereocenters. The van der Waals surface area contributed by atoms with Crippen molar-refractivity contribution in [3.05, 3.63) is 0 Å². The summed E-state index contributed by atoms with van der Waals surface area (Å²) in [7, 11) is 1.75. The minimum Gasteiger partial charge on any atom is -0.465 e. The van der Waals surface area contributed by atoms with E-state index in [1.807, 2.05) is 0 Å². The van der Waals surface area contributed by atoms with Gasteiger partial charge in [0.1, 0.15) is 0 Å². The molecule has 24 heavy (non-hydrogen) atoms. The number of methoxy groups -OCH3 is 1. The number of esters is 1. The summed E-state index contributed by atoms with van der Waals surface area (Å²) in [4.78, 5) is 11.9. The van der Waals surface area contributed by atoms with Gasteiger partial charge in [-0.3, -0.25) is 4.79 Å². The highest BCUT2D eigenvalue weighted by Crippen LogP contribution is 2.16. The fraction of sp³-hybridized carbons (Fsp3) is 0.952. The van der Waals surface area contributed by atoms with Crippen LogP contribution in [0.4, 0.5) is 0 Å². The second kappa shape index (κ2) is 17.3. The van der Waals surface area contributed by atoms with E-state index in [4.69, 9.17) is 9.47 Å². The molecule has 0 fully saturated rings. The third kappa shape index (κ3) is 13.8. The summed E-state index contributed by atoms with van der Waals surface area (Å²) >= 11 is 0. The predicted molar refractivity (Wildman–Crippen MR) is 102 cm³/mol. The lowest BCUT2D eigenvalue weighted by Crippen LogP contribution is -2.17. The van der Waals surface area contributed by atoms with Crippen LogP contribution >= 0.6 is 0 Å². The molecule has 0 saturated heterocycles. The van der Waals surface area contributed by atoms with Gasteiger partial charge >= 0.3 is 5.97 Å². The van der Waals surface area contributed by atoms with Crippen molar-refractivity contribution in [3.63, 3.8) is 0 Å². The van der Waals surface area contributed by atoms with Gasteiger partial charge in [0, 0.05) is 13.5 Å². The molecule has 0 radical (unpaired) electrons. The lowest BCUT2D eigenvalue weighted by molar-refractivity contribution is -0.145. The zero-order valence-corrected chi connectivity index (χ0v) is 16.8. The quantitative estimate of drug-likeness (QED) is 0.230. The lowest BCUT2D eigenvalue weighted by atomic mass is 10.0. The zero-order chi connectivity index (χ0) is 18.0. The third-order valence-electron chi connectivity index (χ3n) is 4.91. The number of carbonyl (C=O) groups excluding carboxylic acids is 1. The molecule has 0 saturated carbocycles. The maximum Gasteiger partial charge on any atom is 0.305 e. The molecule has 0 amide bonds. The molecule has 0 aromatic rings. The van der Waals surface area contributed by atoms with Crippen LogP contribution in [0.15, 0.2) is 0 Å². The summed E-state index contributed by atoms with van der Waals surface area (Å²) in [6, 6.07) is 0. The van der Waals surface area contributed by atoms with Crippen molar-refractivity contribution in [1.82, 2.24) is 0 Å². The van der Waals surface area contributed by atoms with Crippen molar-refractivity contribution in [1.29, 1.82) is 0 Å². The fourth-order valence-corrected chi connectivity index (χ4v) is 2.99. The van der Waals surface area contributed by atoms with Crippen LogP contribution in [0.2, 0.25) is 0 Å². The molecule has 3 nitrogen and oxygen atoms in total. The van der Waals surface area contributed by atoms with E-state index >= 15 is 0 Å². The van der Waals surface area contributed by atoms with Gasteiger partial charge in [-0.25, -0.2) is 0 Å². The summed E-state index contributed by atoms with van der Waals surface area (Å²) in [6.45, 7) is 7.21. The molecule has 0 aliphatic heterocycles. The Morgan fingerprint density at radius 3 is 2.12 bits per heavy atom. The highest BCUT2D eigenvalue weighted by molar-refractivity contribution is 5.69. The van der Waals surface area contributed by atoms with Crippen LogP contribution in [0.3, 0.4) is 0 Å². The van der Waals surface area contributed by atoms with Crippen molar-refractivity contribution in [3.8, 4) is 0 Å². The van der Waals surface area contributed by atoms with Crippen molar-refractivity contribution in [2.24, 2.45) is 5.92 Å². The van der Waals surface area contributed by atoms with Gasteiger partial charge in [0.25, 0.3) is 0 Å². The Balaban J connectivity index is 3.76. The molecular weight excluding hydrogens is 300 g/mol. The van der Waals surface area contributed by atoms with E-state index in [0.717, 1.165) is 19.3 Å². The van der Waals surface area contributed by atoms with Crippen molar-refractivity contribution < 1.29 is 14.3 Å². The normalized spacial score (nSPS) is 13.7. The van der Waals surface area contributed by atoms with Gasteiger partial charge in [0.05, 0.1) is 12.7 Å². The van der Waals surface area contributed by atoms with E-state index in [2.05, 4.69) is 20.8 Å². The van der Waals surface area contributed by atoms with Gasteiger partial charge in [0.15, 0.2) is 0 Å². The Labute approximate surface area is 150 Å². The Kier molecular flexibility index (Phi) is 16.8. The Morgan fingerprint density at radius 2 is 1.50 bits per heavy atom. The summed E-state index contributed by atoms with van der Waals surface area (Å²) in [6.07, 6.45) is 15.0. The van der Waals surface area contributed by atoms with Crippen LogP contribution in [0.5, 0.6) is 0 Å². The Hall–Kier alpha value is -0.570. The number of hydrogen-bond acceptors (Lipinski definition) is 3. The first-order valence-electron chi connectivity index (χ1n) is 10.4. The molecule has 0 bridgehead atoms. The maximum atomic E-state index is 11.9. The van der Waals surface area contributed by atoms with Gasteiger partial charge in [-0.05, 0) is 25.2 Å². The lowest BCUT2D eigenvalue weighted by Gasteiger charge is -2.17. The van der Waals surface area contributed by atoms with Crippen LogP contribution < -0.4 is 0 Å². The van der Waals surface area contributed by atoms with Crippen LogP contribution in [-0.2, 0) is 14.3 Å². The number of rotatable bonds is 17. The average molecular weight is 343 g/mol. The van der Waals surface area contributed by atoms with Crippen molar-refractivity contribution in [2.75, 3.05) is 13.7 Å². The van der Waals surface area contributed by atoms with E-state index in [-0.39, 0.29) is 12.1 Å². The molecule has 0 rings (SSSR count). The zero-order valence-electron chi connectivity index (χ0n) is 16.8. The standard InChI is InChI=1S/C21H42O3/c1-5-8-10-11-12-13-15-20(23-4)16-17-21(22)24-18-19(7-3)14-9-6-2/h19-20H,5-18H2,1-4H3. The van der Waals surface area contributed by atoms with Gasteiger partial charge < -0.3 is 9.47 Å². The molecule has 0 aromatic heterocycles. The average Bonchev–Trinajstić information content (AvgIpc) is 2.60. The van der Waals surface area contributed by atoms with Gasteiger partial charge in [-0.1, -0.05) is 78.6 Å². The van der Waals surface area contributed by atoms with Gasteiger partial charge in [-0.2, -0.15) is 0 Å². The summed E-state index contributed by atoms with van der Waals surface area (Å²) in [5.74, 6) is 0.463. The molecular formula is C21H42O3. The van der Waals surface area contributed by atoms with E-state index in [0.29, 0.717) is 18.9 Å². The number of ether oxygens (including phenoxy) is 2. The first kappa shape index (κ1) is 23.4. The minimum absolute atomic E-state index is 0.0602. The topological polar surface area (TPSA) is 35.5 Å². The summed E-state index contributed by atoms with van der Waals surface area (Å²) in [5, 5.41) is 0. The van der Waals surface area contributed by atoms with Crippen LogP contribution in [0.1, 0.15) is 104 Å². The highest BCUT2D eigenvalue weighted by atomic mass is 16.5. The number of hydrogen-bond donors (Lipinski definition) is 0. The van der Waals surface area contributed by atoms with Gasteiger partial charge in [0.2, 0.25) is 0 Å². The highest BCUT2D eigenvalue weighted by Gasteiger charge is 2.13. The first-order chi connectivity index (χ1) is 11.7. The van der Waals surface area contributed by atoms with E-state index in [9.17, 15) is 4.79 Å². The van der Waals surface area contributed by atoms with Crippen LogP contribution in [0, 0.1) is 5.92 Å². The molecule has 0 N–H and O–H groups in total. The SMILES string of the molecule is CCCCCCCCC(CCC(=O)OCC(CC)CCCC)OC. The Bertz CT molecular complexity index is 278. The van der Waals surface area contributed by atoms with E-state index in [1.165, 1.54) is 57.8 Å². The second-order valence-electron chi connectivity index (χ2n) is 7.05. The summed E-state index contributed by atoms with van der Waals surface area (Å²) < 4.78 is 11.0. The molecule has 0 aromatic carbocycles. The largest absolute Gasteiger partial charge is 0.465 e. The maximum absolute atomic E-state index is 11.9. The molecule has 3 heteroatoms. The second-order valence-corrected chi connectivity index (χ2v) is 7.05. The monoisotopic (exact) mass is 342 g/mol. The van der Waals surface area contributed by atoms with E-state index < -0.39 is 0 Å². The molecule has 0 aliphatic carbocycles. The van der Waals surface area contributed by atoms with Crippen LogP contribution in [0.25, 0.3) is 0 Å². The first-order valence-corrected chi connectivity index (χ1v) is 10.4. The molecule has 0 aliphatic rings. The van der Waals surface area contributed by atoms with Crippen molar-refractivity contribution >= 4 is 5.97 Å². The van der Waals surface area contributed by atoms with Crippen LogP contribution in [-0.4, -0.2) is 25.8 Å². The third-order valence-corrected chi connectivity index (χ3v) is 4.91. The number of unbranched alkanes of at least 4 members (excludes halogenated alkanes) is 6. The Morgan fingerprint density at radius 1 is 0.833 bits per heavy atom. The molecule has 144 valence electrons. The summed E-state index contributed by atoms with van der Waals surface area (Å²) in [5.41, 5.74) is 0. The van der Waals surface area contributed by atoms with Crippen molar-refractivity contribution in [2.45, 2.75) is 110 Å². The molecule has 0 spiro atoms.